The van der Waals surface area contributed by atoms with Gasteiger partial charge in [-0.3, -0.25) is 9.48 Å². The number of nitrogens with zero attached hydrogens (tertiary/aromatic N) is 2. The average molecular weight is 369 g/mol. The molecule has 1 aromatic carbocycles. The van der Waals surface area contributed by atoms with Crippen LogP contribution in [0.2, 0.25) is 0 Å². The zero-order valence-corrected chi connectivity index (χ0v) is 15.9. The first-order valence-corrected chi connectivity index (χ1v) is 8.63. The molecule has 0 saturated carbocycles. The van der Waals surface area contributed by atoms with E-state index in [1.807, 2.05) is 51.4 Å². The van der Waals surface area contributed by atoms with Crippen molar-refractivity contribution in [2.45, 2.75) is 26.5 Å². The summed E-state index contributed by atoms with van der Waals surface area (Å²) in [5.41, 5.74) is 1.86. The summed E-state index contributed by atoms with van der Waals surface area (Å²) in [4.78, 5) is 12.4. The lowest BCUT2D eigenvalue weighted by Gasteiger charge is -2.12. The van der Waals surface area contributed by atoms with Crippen LogP contribution < -0.4 is 14.8 Å². The van der Waals surface area contributed by atoms with Crippen molar-refractivity contribution in [3.8, 4) is 11.5 Å². The van der Waals surface area contributed by atoms with Crippen LogP contribution in [0.4, 0.5) is 0 Å². The van der Waals surface area contributed by atoms with Crippen LogP contribution in [0.25, 0.3) is 0 Å². The summed E-state index contributed by atoms with van der Waals surface area (Å²) < 4.78 is 18.1. The lowest BCUT2D eigenvalue weighted by Crippen LogP contribution is -2.26. The normalized spacial score (nSPS) is 11.9. The molecule has 7 heteroatoms. The molecule has 0 radical (unpaired) electrons. The van der Waals surface area contributed by atoms with Crippen LogP contribution in [0.3, 0.4) is 0 Å². The number of aryl methyl sites for hydroxylation is 2. The summed E-state index contributed by atoms with van der Waals surface area (Å²) in [6.45, 7) is 4.06. The van der Waals surface area contributed by atoms with Gasteiger partial charge in [0.25, 0.3) is 5.91 Å². The number of nitrogens with one attached hydrogen (secondary N) is 1. The molecule has 2 heterocycles. The SMILES string of the molecule is COc1ccc(OCc2ccc(C(=O)NC(C)c3cn(C)nc3C)o2)cc1. The molecule has 142 valence electrons. The largest absolute Gasteiger partial charge is 0.497 e. The molecule has 0 spiro atoms. The number of carbonyl (C=O) groups is 1. The molecule has 3 rings (SSSR count). The standard InChI is InChI=1S/C20H23N3O4/c1-13(18-11-23(3)22-14(18)2)21-20(24)19-10-9-17(27-19)12-26-16-7-5-15(25-4)6-8-16/h5-11,13H,12H2,1-4H3,(H,21,24). The minimum atomic E-state index is -0.276. The minimum Gasteiger partial charge on any atom is -0.497 e. The predicted molar refractivity (Wildman–Crippen MR) is 99.9 cm³/mol. The van der Waals surface area contributed by atoms with E-state index in [4.69, 9.17) is 13.9 Å². The quantitative estimate of drug-likeness (QED) is 0.691. The van der Waals surface area contributed by atoms with Crippen LogP contribution in [0, 0.1) is 6.92 Å². The number of amides is 1. The van der Waals surface area contributed by atoms with E-state index in [0.29, 0.717) is 11.5 Å². The number of ether oxygens (including phenoxy) is 2. The van der Waals surface area contributed by atoms with Crippen LogP contribution in [0.1, 0.15) is 40.5 Å². The Morgan fingerprint density at radius 3 is 2.56 bits per heavy atom. The van der Waals surface area contributed by atoms with Crippen molar-refractivity contribution in [2.24, 2.45) is 7.05 Å². The van der Waals surface area contributed by atoms with Gasteiger partial charge < -0.3 is 19.2 Å². The highest BCUT2D eigenvalue weighted by Crippen LogP contribution is 2.20. The predicted octanol–water partition coefficient (Wildman–Crippen LogP) is 3.40. The van der Waals surface area contributed by atoms with Gasteiger partial charge in [0.1, 0.15) is 23.9 Å². The molecule has 0 aliphatic carbocycles. The lowest BCUT2D eigenvalue weighted by atomic mass is 10.1. The zero-order valence-electron chi connectivity index (χ0n) is 15.9. The highest BCUT2D eigenvalue weighted by atomic mass is 16.5. The molecule has 0 aliphatic rings. The van der Waals surface area contributed by atoms with Gasteiger partial charge in [0.05, 0.1) is 18.8 Å². The summed E-state index contributed by atoms with van der Waals surface area (Å²) in [6.07, 6.45) is 1.90. The van der Waals surface area contributed by atoms with Gasteiger partial charge in [0.15, 0.2) is 5.76 Å². The Balaban J connectivity index is 1.57. The summed E-state index contributed by atoms with van der Waals surface area (Å²) in [6, 6.07) is 10.5. The Kier molecular flexibility index (Phi) is 5.49. The summed E-state index contributed by atoms with van der Waals surface area (Å²) >= 11 is 0. The van der Waals surface area contributed by atoms with Gasteiger partial charge in [-0.1, -0.05) is 0 Å². The highest BCUT2D eigenvalue weighted by Gasteiger charge is 2.18. The smallest absolute Gasteiger partial charge is 0.287 e. The second kappa shape index (κ2) is 7.99. The van der Waals surface area contributed by atoms with Gasteiger partial charge in [-0.2, -0.15) is 5.10 Å². The second-order valence-corrected chi connectivity index (χ2v) is 6.27. The fraction of sp³-hybridized carbons (Fsp3) is 0.300. The molecule has 3 aromatic rings. The molecule has 0 saturated heterocycles. The van der Waals surface area contributed by atoms with Crippen molar-refractivity contribution < 1.29 is 18.7 Å². The zero-order chi connectivity index (χ0) is 19.4. The Hall–Kier alpha value is -3.22. The van der Waals surface area contributed by atoms with E-state index in [2.05, 4.69) is 10.4 Å². The number of furan rings is 1. The third-order valence-electron chi connectivity index (χ3n) is 4.19. The van der Waals surface area contributed by atoms with E-state index in [9.17, 15) is 4.79 Å². The van der Waals surface area contributed by atoms with E-state index in [0.717, 1.165) is 17.0 Å². The van der Waals surface area contributed by atoms with E-state index < -0.39 is 0 Å². The molecule has 1 amide bonds. The lowest BCUT2D eigenvalue weighted by molar-refractivity contribution is 0.0907. The number of benzene rings is 1. The second-order valence-electron chi connectivity index (χ2n) is 6.27. The molecule has 1 atom stereocenters. The number of rotatable bonds is 7. The average Bonchev–Trinajstić information content (AvgIpc) is 3.26. The molecule has 1 N–H and O–H groups in total. The maximum atomic E-state index is 12.4. The molecule has 1 unspecified atom stereocenters. The van der Waals surface area contributed by atoms with Crippen molar-refractivity contribution in [3.05, 3.63) is 65.4 Å². The highest BCUT2D eigenvalue weighted by molar-refractivity contribution is 5.91. The summed E-state index contributed by atoms with van der Waals surface area (Å²) in [5, 5.41) is 7.22. The monoisotopic (exact) mass is 369 g/mol. The number of carbonyl (C=O) groups excluding carboxylic acids is 1. The number of methoxy groups -OCH3 is 1. The Morgan fingerprint density at radius 1 is 1.22 bits per heavy atom. The van der Waals surface area contributed by atoms with Gasteiger partial charge in [-0.15, -0.1) is 0 Å². The Labute approximate surface area is 157 Å². The molecular weight excluding hydrogens is 346 g/mol. The summed E-state index contributed by atoms with van der Waals surface area (Å²) in [7, 11) is 3.47. The molecule has 7 nitrogen and oxygen atoms in total. The van der Waals surface area contributed by atoms with Crippen molar-refractivity contribution in [1.82, 2.24) is 15.1 Å². The number of hydrogen-bond acceptors (Lipinski definition) is 5. The van der Waals surface area contributed by atoms with Crippen LogP contribution in [0.5, 0.6) is 11.5 Å². The number of aromatic nitrogens is 2. The maximum Gasteiger partial charge on any atom is 0.287 e. The third-order valence-corrected chi connectivity index (χ3v) is 4.19. The van der Waals surface area contributed by atoms with Gasteiger partial charge >= 0.3 is 0 Å². The molecule has 2 aromatic heterocycles. The van der Waals surface area contributed by atoms with Crippen LogP contribution in [0.15, 0.2) is 47.0 Å². The maximum absolute atomic E-state index is 12.4. The molecule has 0 bridgehead atoms. The number of hydrogen-bond donors (Lipinski definition) is 1. The van der Waals surface area contributed by atoms with Crippen LogP contribution >= 0.6 is 0 Å². The van der Waals surface area contributed by atoms with Crippen LogP contribution in [-0.2, 0) is 13.7 Å². The first-order chi connectivity index (χ1) is 13.0. The van der Waals surface area contributed by atoms with Crippen molar-refractivity contribution in [1.29, 1.82) is 0 Å². The van der Waals surface area contributed by atoms with E-state index >= 15 is 0 Å². The van der Waals surface area contributed by atoms with Gasteiger partial charge in [-0.05, 0) is 50.2 Å². The fourth-order valence-corrected chi connectivity index (χ4v) is 2.79. The van der Waals surface area contributed by atoms with E-state index in [-0.39, 0.29) is 24.3 Å². The van der Waals surface area contributed by atoms with E-state index in [1.165, 1.54) is 0 Å². The van der Waals surface area contributed by atoms with Crippen LogP contribution in [-0.4, -0.2) is 22.8 Å². The van der Waals surface area contributed by atoms with Crippen molar-refractivity contribution in [3.63, 3.8) is 0 Å². The molecule has 27 heavy (non-hydrogen) atoms. The molecular formula is C20H23N3O4. The van der Waals surface area contributed by atoms with Gasteiger partial charge in [-0.25, -0.2) is 0 Å². The van der Waals surface area contributed by atoms with Gasteiger partial charge in [0.2, 0.25) is 0 Å². The minimum absolute atomic E-state index is 0.171. The first-order valence-electron chi connectivity index (χ1n) is 8.63. The van der Waals surface area contributed by atoms with Crippen molar-refractivity contribution in [2.75, 3.05) is 7.11 Å². The summed E-state index contributed by atoms with van der Waals surface area (Å²) in [5.74, 6) is 2.00. The third kappa shape index (κ3) is 4.49. The molecule has 0 fully saturated rings. The van der Waals surface area contributed by atoms with E-state index in [1.54, 1.807) is 23.9 Å². The Morgan fingerprint density at radius 2 is 1.93 bits per heavy atom. The fourth-order valence-electron chi connectivity index (χ4n) is 2.79. The van der Waals surface area contributed by atoms with Gasteiger partial charge in [0, 0.05) is 18.8 Å². The molecule has 0 aliphatic heterocycles. The topological polar surface area (TPSA) is 78.5 Å². The first kappa shape index (κ1) is 18.6. The van der Waals surface area contributed by atoms with Crippen molar-refractivity contribution >= 4 is 5.91 Å². The Bertz CT molecular complexity index is 912.